The number of halogens is 1. The number of carbonyl (C=O) groups excluding carboxylic acids is 2. The summed E-state index contributed by atoms with van der Waals surface area (Å²) in [5, 5.41) is 9.05. The first-order valence-corrected chi connectivity index (χ1v) is 15.1. The van der Waals surface area contributed by atoms with E-state index in [1.165, 1.54) is 23.8 Å². The second kappa shape index (κ2) is 12.6. The zero-order valence-corrected chi connectivity index (χ0v) is 23.5. The molecule has 39 heavy (non-hydrogen) atoms. The number of amides is 2. The lowest BCUT2D eigenvalue weighted by atomic mass is 10.1. The SMILES string of the molecule is C[C@@H](C(=O)N1CCC[C@H]1CN1CCCC1)N1CC[C@@H](NS(=O)(=O)c2ccc3cc(Cl)ccc3c2)C1=O.O=CO. The maximum Gasteiger partial charge on any atom is 0.290 e. The molecule has 0 radical (unpaired) electrons. The lowest BCUT2D eigenvalue weighted by Gasteiger charge is -2.33. The molecule has 0 bridgehead atoms. The average Bonchev–Trinajstić information content (AvgIpc) is 3.66. The third-order valence-electron chi connectivity index (χ3n) is 7.77. The van der Waals surface area contributed by atoms with Gasteiger partial charge in [-0.15, -0.1) is 0 Å². The predicted molar refractivity (Wildman–Crippen MR) is 148 cm³/mol. The van der Waals surface area contributed by atoms with Crippen LogP contribution in [-0.4, -0.2) is 97.4 Å². The molecule has 212 valence electrons. The second-order valence-electron chi connectivity index (χ2n) is 10.3. The van der Waals surface area contributed by atoms with Gasteiger partial charge >= 0.3 is 0 Å². The van der Waals surface area contributed by atoms with Crippen LogP contribution in [-0.2, 0) is 24.4 Å². The molecule has 2 aromatic rings. The largest absolute Gasteiger partial charge is 0.483 e. The first-order valence-electron chi connectivity index (χ1n) is 13.3. The number of rotatable bonds is 7. The Kier molecular flexibility index (Phi) is 9.47. The van der Waals surface area contributed by atoms with Crippen LogP contribution in [0.25, 0.3) is 10.8 Å². The molecule has 0 saturated carbocycles. The zero-order valence-electron chi connectivity index (χ0n) is 22.0. The minimum atomic E-state index is -3.92. The number of benzene rings is 2. The fourth-order valence-corrected chi connectivity index (χ4v) is 7.20. The Morgan fingerprint density at radius 1 is 1.08 bits per heavy atom. The maximum absolute atomic E-state index is 13.4. The van der Waals surface area contributed by atoms with Crippen LogP contribution in [0.1, 0.15) is 39.0 Å². The van der Waals surface area contributed by atoms with Gasteiger partial charge in [0.05, 0.1) is 4.90 Å². The van der Waals surface area contributed by atoms with Gasteiger partial charge in [0.1, 0.15) is 12.1 Å². The van der Waals surface area contributed by atoms with Crippen molar-refractivity contribution in [2.75, 3.05) is 32.7 Å². The molecule has 0 aromatic heterocycles. The highest BCUT2D eigenvalue weighted by molar-refractivity contribution is 7.89. The standard InChI is InChI=1S/C26H33ClN4O4S.CH2O2/c1-18(25(32)31-13-4-5-22(31)17-29-11-2-3-12-29)30-14-10-24(26(30)33)28-36(34,35)23-9-7-19-15-21(27)8-6-20(19)16-23;2-1-3/h6-9,15-16,18,22,24,28H,2-5,10-14,17H2,1H3;1H,(H,2,3)/t18-,22-,24+;/m0./s1. The molecule has 0 aliphatic carbocycles. The van der Waals surface area contributed by atoms with Gasteiger partial charge in [0.15, 0.2) is 0 Å². The highest BCUT2D eigenvalue weighted by atomic mass is 35.5. The maximum atomic E-state index is 13.4. The number of nitrogens with zero attached hydrogens (tertiary/aromatic N) is 3. The third-order valence-corrected chi connectivity index (χ3v) is 9.48. The van der Waals surface area contributed by atoms with Gasteiger partial charge in [-0.3, -0.25) is 14.4 Å². The Morgan fingerprint density at radius 2 is 1.74 bits per heavy atom. The Bertz CT molecular complexity index is 1320. The van der Waals surface area contributed by atoms with Gasteiger partial charge in [-0.1, -0.05) is 23.7 Å². The fraction of sp³-hybridized carbons (Fsp3) is 0.519. The quantitative estimate of drug-likeness (QED) is 0.483. The topological polar surface area (TPSA) is 127 Å². The molecule has 3 saturated heterocycles. The number of carboxylic acid groups (broad SMARTS) is 1. The minimum absolute atomic E-state index is 0.0401. The van der Waals surface area contributed by atoms with E-state index < -0.39 is 22.1 Å². The van der Waals surface area contributed by atoms with Crippen LogP contribution in [0.2, 0.25) is 5.02 Å². The fourth-order valence-electron chi connectivity index (χ4n) is 5.77. The third kappa shape index (κ3) is 6.71. The first-order chi connectivity index (χ1) is 18.6. The molecule has 0 unspecified atom stereocenters. The van der Waals surface area contributed by atoms with Gasteiger partial charge in [-0.05, 0) is 87.2 Å². The normalized spacial score (nSPS) is 22.7. The van der Waals surface area contributed by atoms with E-state index in [9.17, 15) is 18.0 Å². The molecule has 0 spiro atoms. The van der Waals surface area contributed by atoms with Crippen molar-refractivity contribution in [3.8, 4) is 0 Å². The van der Waals surface area contributed by atoms with Crippen molar-refractivity contribution in [2.24, 2.45) is 0 Å². The zero-order chi connectivity index (χ0) is 28.2. The van der Waals surface area contributed by atoms with E-state index in [-0.39, 0.29) is 29.2 Å². The molecule has 2 amide bonds. The van der Waals surface area contributed by atoms with Crippen LogP contribution in [0.3, 0.4) is 0 Å². The van der Waals surface area contributed by atoms with E-state index in [1.807, 2.05) is 4.90 Å². The minimum Gasteiger partial charge on any atom is -0.483 e. The van der Waals surface area contributed by atoms with E-state index in [0.29, 0.717) is 24.5 Å². The van der Waals surface area contributed by atoms with E-state index in [1.54, 1.807) is 37.3 Å². The molecule has 5 rings (SSSR count). The molecule has 12 heteroatoms. The summed E-state index contributed by atoms with van der Waals surface area (Å²) in [6, 6.07) is 8.72. The predicted octanol–water partition coefficient (Wildman–Crippen LogP) is 2.55. The average molecular weight is 579 g/mol. The highest BCUT2D eigenvalue weighted by Crippen LogP contribution is 2.26. The van der Waals surface area contributed by atoms with Crippen LogP contribution in [0.5, 0.6) is 0 Å². The number of sulfonamides is 1. The Labute approximate surface area is 233 Å². The molecule has 3 fully saturated rings. The van der Waals surface area contributed by atoms with Crippen molar-refractivity contribution in [3.63, 3.8) is 0 Å². The summed E-state index contributed by atoms with van der Waals surface area (Å²) < 4.78 is 28.7. The first kappa shape index (κ1) is 29.3. The summed E-state index contributed by atoms with van der Waals surface area (Å²) in [6.45, 7) is 5.65. The lowest BCUT2D eigenvalue weighted by Crippen LogP contribution is -2.52. The molecule has 2 aromatic carbocycles. The molecule has 3 atom stereocenters. The van der Waals surface area contributed by atoms with Gasteiger partial charge in [0.25, 0.3) is 6.47 Å². The molecular formula is C27H35ClN4O6S. The van der Waals surface area contributed by atoms with Gasteiger partial charge < -0.3 is 19.8 Å². The van der Waals surface area contributed by atoms with E-state index in [2.05, 4.69) is 9.62 Å². The number of hydrogen-bond donors (Lipinski definition) is 2. The van der Waals surface area contributed by atoms with Crippen molar-refractivity contribution < 1.29 is 27.9 Å². The van der Waals surface area contributed by atoms with Crippen molar-refractivity contribution in [1.29, 1.82) is 0 Å². The molecule has 3 aliphatic heterocycles. The Morgan fingerprint density at radius 3 is 2.46 bits per heavy atom. The Hall–Kier alpha value is -2.73. The molecule has 10 nitrogen and oxygen atoms in total. The second-order valence-corrected chi connectivity index (χ2v) is 12.4. The van der Waals surface area contributed by atoms with Crippen molar-refractivity contribution in [1.82, 2.24) is 19.4 Å². The Balaban J connectivity index is 0.00000112. The number of carbonyl (C=O) groups is 3. The summed E-state index contributed by atoms with van der Waals surface area (Å²) in [6.07, 6.45) is 4.72. The van der Waals surface area contributed by atoms with Crippen LogP contribution < -0.4 is 4.72 Å². The number of likely N-dealkylation sites (tertiary alicyclic amines) is 3. The van der Waals surface area contributed by atoms with Crippen LogP contribution in [0, 0.1) is 0 Å². The van der Waals surface area contributed by atoms with Crippen molar-refractivity contribution in [2.45, 2.75) is 62.0 Å². The van der Waals surface area contributed by atoms with Crippen molar-refractivity contribution >= 4 is 50.7 Å². The summed E-state index contributed by atoms with van der Waals surface area (Å²) >= 11 is 6.02. The number of nitrogens with one attached hydrogen (secondary N) is 1. The smallest absolute Gasteiger partial charge is 0.290 e. The van der Waals surface area contributed by atoms with Crippen LogP contribution in [0.15, 0.2) is 41.3 Å². The van der Waals surface area contributed by atoms with E-state index in [0.717, 1.165) is 43.2 Å². The number of fused-ring (bicyclic) bond motifs is 1. The number of hydrogen-bond acceptors (Lipinski definition) is 6. The van der Waals surface area contributed by atoms with Gasteiger partial charge in [0.2, 0.25) is 21.8 Å². The van der Waals surface area contributed by atoms with Crippen LogP contribution >= 0.6 is 11.6 Å². The summed E-state index contributed by atoms with van der Waals surface area (Å²) in [7, 11) is -3.92. The van der Waals surface area contributed by atoms with Crippen molar-refractivity contribution in [3.05, 3.63) is 41.4 Å². The lowest BCUT2D eigenvalue weighted by molar-refractivity contribution is -0.144. The highest BCUT2D eigenvalue weighted by Gasteiger charge is 2.42. The van der Waals surface area contributed by atoms with Gasteiger partial charge in [-0.25, -0.2) is 8.42 Å². The summed E-state index contributed by atoms with van der Waals surface area (Å²) in [5.74, 6) is -0.385. The molecule has 3 aliphatic rings. The summed E-state index contributed by atoms with van der Waals surface area (Å²) in [5.41, 5.74) is 0. The van der Waals surface area contributed by atoms with E-state index >= 15 is 0 Å². The summed E-state index contributed by atoms with van der Waals surface area (Å²) in [4.78, 5) is 40.9. The molecule has 3 heterocycles. The van der Waals surface area contributed by atoms with Gasteiger partial charge in [-0.2, -0.15) is 4.72 Å². The van der Waals surface area contributed by atoms with E-state index in [4.69, 9.17) is 21.5 Å². The molecule has 2 N–H and O–H groups in total. The van der Waals surface area contributed by atoms with Gasteiger partial charge in [0, 0.05) is 30.7 Å². The molecular weight excluding hydrogens is 544 g/mol. The monoisotopic (exact) mass is 578 g/mol. The van der Waals surface area contributed by atoms with Crippen LogP contribution in [0.4, 0.5) is 0 Å².